The Morgan fingerprint density at radius 2 is 2.00 bits per heavy atom. The highest BCUT2D eigenvalue weighted by molar-refractivity contribution is 5.73. The van der Waals surface area contributed by atoms with E-state index in [0.29, 0.717) is 0 Å². The second-order valence-corrected chi connectivity index (χ2v) is 5.08. The molecule has 1 aliphatic heterocycles. The summed E-state index contributed by atoms with van der Waals surface area (Å²) in [5, 5.41) is 9.55. The first-order valence-corrected chi connectivity index (χ1v) is 6.64. The number of aliphatic hydroxyl groups is 1. The Kier molecular flexibility index (Phi) is 4.04. The van der Waals surface area contributed by atoms with Gasteiger partial charge in [-0.05, 0) is 31.0 Å². The number of aliphatic hydroxyl groups excluding tert-OH is 1. The van der Waals surface area contributed by atoms with Gasteiger partial charge in [0.05, 0.1) is 6.10 Å². The van der Waals surface area contributed by atoms with Crippen LogP contribution in [0.5, 0.6) is 0 Å². The van der Waals surface area contributed by atoms with Crippen LogP contribution in [0.15, 0.2) is 12.3 Å². The third-order valence-corrected chi connectivity index (χ3v) is 3.58. The highest BCUT2D eigenvalue weighted by atomic mass is 16.3. The standard InChI is InChI=1S/C14H21N3O2/c1-10-8-13(11(2)18)9-15-14(10)17-6-4-16(5-7-17)12(3)19/h8-9,11,18H,4-7H2,1-3H3. The van der Waals surface area contributed by atoms with E-state index in [2.05, 4.69) is 9.88 Å². The van der Waals surface area contributed by atoms with Gasteiger partial charge >= 0.3 is 0 Å². The topological polar surface area (TPSA) is 56.7 Å². The summed E-state index contributed by atoms with van der Waals surface area (Å²) in [5.74, 6) is 1.08. The van der Waals surface area contributed by atoms with Crippen molar-refractivity contribution in [1.82, 2.24) is 9.88 Å². The maximum Gasteiger partial charge on any atom is 0.219 e. The molecule has 1 aromatic heterocycles. The van der Waals surface area contributed by atoms with Crippen molar-refractivity contribution in [2.24, 2.45) is 0 Å². The lowest BCUT2D eigenvalue weighted by molar-refractivity contribution is -0.129. The van der Waals surface area contributed by atoms with Gasteiger partial charge in [-0.3, -0.25) is 4.79 Å². The van der Waals surface area contributed by atoms with Crippen molar-refractivity contribution in [3.05, 3.63) is 23.4 Å². The van der Waals surface area contributed by atoms with Crippen LogP contribution < -0.4 is 4.90 Å². The van der Waals surface area contributed by atoms with Gasteiger partial charge in [-0.15, -0.1) is 0 Å². The maximum atomic E-state index is 11.3. The van der Waals surface area contributed by atoms with E-state index in [1.54, 1.807) is 20.0 Å². The van der Waals surface area contributed by atoms with E-state index in [0.717, 1.165) is 43.1 Å². The van der Waals surface area contributed by atoms with E-state index in [1.165, 1.54) is 0 Å². The molecule has 2 rings (SSSR count). The van der Waals surface area contributed by atoms with Gasteiger partial charge < -0.3 is 14.9 Å². The lowest BCUT2D eigenvalue weighted by Gasteiger charge is -2.35. The fourth-order valence-corrected chi connectivity index (χ4v) is 2.38. The molecule has 5 heteroatoms. The minimum absolute atomic E-state index is 0.133. The summed E-state index contributed by atoms with van der Waals surface area (Å²) in [6, 6.07) is 1.98. The predicted octanol–water partition coefficient (Wildman–Crippen LogP) is 1.11. The smallest absolute Gasteiger partial charge is 0.219 e. The molecule has 1 aliphatic rings. The number of rotatable bonds is 2. The minimum atomic E-state index is -0.491. The van der Waals surface area contributed by atoms with Crippen LogP contribution in [0.3, 0.4) is 0 Å². The Labute approximate surface area is 113 Å². The van der Waals surface area contributed by atoms with Gasteiger partial charge in [0, 0.05) is 39.3 Å². The molecule has 0 radical (unpaired) electrons. The van der Waals surface area contributed by atoms with Crippen molar-refractivity contribution in [3.8, 4) is 0 Å². The molecule has 2 heterocycles. The maximum absolute atomic E-state index is 11.3. The van der Waals surface area contributed by atoms with Crippen LogP contribution in [0.1, 0.15) is 31.1 Å². The first-order chi connectivity index (χ1) is 8.99. The zero-order valence-electron chi connectivity index (χ0n) is 11.8. The van der Waals surface area contributed by atoms with Gasteiger partial charge in [-0.25, -0.2) is 4.98 Å². The third kappa shape index (κ3) is 3.04. The normalized spacial score (nSPS) is 17.5. The Balaban J connectivity index is 2.09. The number of hydrogen-bond acceptors (Lipinski definition) is 4. The Morgan fingerprint density at radius 1 is 1.37 bits per heavy atom. The molecule has 0 aliphatic carbocycles. The summed E-state index contributed by atoms with van der Waals surface area (Å²) in [6.45, 7) is 8.45. The van der Waals surface area contributed by atoms with Gasteiger partial charge in [0.25, 0.3) is 0 Å². The van der Waals surface area contributed by atoms with Crippen LogP contribution in [0.4, 0.5) is 5.82 Å². The van der Waals surface area contributed by atoms with Gasteiger partial charge in [0.2, 0.25) is 5.91 Å². The van der Waals surface area contributed by atoms with Crippen LogP contribution >= 0.6 is 0 Å². The molecule has 104 valence electrons. The number of nitrogens with zero attached hydrogens (tertiary/aromatic N) is 3. The molecule has 0 bridgehead atoms. The van der Waals surface area contributed by atoms with Gasteiger partial charge in [0.1, 0.15) is 5.82 Å². The molecular weight excluding hydrogens is 242 g/mol. The number of anilines is 1. The number of piperazine rings is 1. The van der Waals surface area contributed by atoms with E-state index >= 15 is 0 Å². The van der Waals surface area contributed by atoms with Crippen LogP contribution in [-0.4, -0.2) is 47.1 Å². The largest absolute Gasteiger partial charge is 0.389 e. The fraction of sp³-hybridized carbons (Fsp3) is 0.571. The van der Waals surface area contributed by atoms with E-state index < -0.39 is 6.10 Å². The van der Waals surface area contributed by atoms with E-state index in [-0.39, 0.29) is 5.91 Å². The van der Waals surface area contributed by atoms with E-state index in [1.807, 2.05) is 17.9 Å². The average Bonchev–Trinajstić information content (AvgIpc) is 2.38. The number of aromatic nitrogens is 1. The average molecular weight is 263 g/mol. The van der Waals surface area contributed by atoms with Crippen LogP contribution in [-0.2, 0) is 4.79 Å². The van der Waals surface area contributed by atoms with Crippen LogP contribution in [0, 0.1) is 6.92 Å². The number of amides is 1. The summed E-state index contributed by atoms with van der Waals surface area (Å²) in [6.07, 6.45) is 1.24. The molecule has 1 saturated heterocycles. The summed E-state index contributed by atoms with van der Waals surface area (Å²) in [7, 11) is 0. The van der Waals surface area contributed by atoms with Gasteiger partial charge in [-0.2, -0.15) is 0 Å². The molecular formula is C14H21N3O2. The molecule has 0 aromatic carbocycles. The molecule has 1 aromatic rings. The first-order valence-electron chi connectivity index (χ1n) is 6.64. The number of hydrogen-bond donors (Lipinski definition) is 1. The van der Waals surface area contributed by atoms with Gasteiger partial charge in [0.15, 0.2) is 0 Å². The summed E-state index contributed by atoms with van der Waals surface area (Å²) >= 11 is 0. The SMILES string of the molecule is CC(=O)N1CCN(c2ncc(C(C)O)cc2C)CC1. The summed E-state index contributed by atoms with van der Waals surface area (Å²) in [4.78, 5) is 19.8. The highest BCUT2D eigenvalue weighted by Gasteiger charge is 2.20. The van der Waals surface area contributed by atoms with Crippen molar-refractivity contribution in [1.29, 1.82) is 0 Å². The van der Waals surface area contributed by atoms with Crippen LogP contribution in [0.2, 0.25) is 0 Å². The zero-order chi connectivity index (χ0) is 14.0. The van der Waals surface area contributed by atoms with Crippen molar-refractivity contribution < 1.29 is 9.90 Å². The molecule has 5 nitrogen and oxygen atoms in total. The third-order valence-electron chi connectivity index (χ3n) is 3.58. The number of pyridine rings is 1. The highest BCUT2D eigenvalue weighted by Crippen LogP contribution is 2.22. The van der Waals surface area contributed by atoms with Crippen molar-refractivity contribution in [2.45, 2.75) is 26.9 Å². The molecule has 1 amide bonds. The molecule has 1 atom stereocenters. The number of aryl methyl sites for hydroxylation is 1. The van der Waals surface area contributed by atoms with Gasteiger partial charge in [-0.1, -0.05) is 0 Å². The van der Waals surface area contributed by atoms with E-state index in [4.69, 9.17) is 0 Å². The fourth-order valence-electron chi connectivity index (χ4n) is 2.38. The molecule has 0 spiro atoms. The van der Waals surface area contributed by atoms with Crippen molar-refractivity contribution in [2.75, 3.05) is 31.1 Å². The second kappa shape index (κ2) is 5.57. The van der Waals surface area contributed by atoms with Crippen LogP contribution in [0.25, 0.3) is 0 Å². The number of carbonyl (C=O) groups excluding carboxylic acids is 1. The molecule has 1 unspecified atom stereocenters. The quantitative estimate of drug-likeness (QED) is 0.868. The predicted molar refractivity (Wildman–Crippen MR) is 74.1 cm³/mol. The Hall–Kier alpha value is -1.62. The lowest BCUT2D eigenvalue weighted by Crippen LogP contribution is -2.48. The Bertz CT molecular complexity index is 466. The van der Waals surface area contributed by atoms with Crippen molar-refractivity contribution in [3.63, 3.8) is 0 Å². The van der Waals surface area contributed by atoms with Crippen molar-refractivity contribution >= 4 is 11.7 Å². The number of carbonyl (C=O) groups is 1. The summed E-state index contributed by atoms with van der Waals surface area (Å²) < 4.78 is 0. The molecule has 0 saturated carbocycles. The Morgan fingerprint density at radius 3 is 2.47 bits per heavy atom. The second-order valence-electron chi connectivity index (χ2n) is 5.08. The summed E-state index contributed by atoms with van der Waals surface area (Å²) in [5.41, 5.74) is 1.90. The first kappa shape index (κ1) is 13.8. The zero-order valence-corrected chi connectivity index (χ0v) is 11.8. The van der Waals surface area contributed by atoms with E-state index in [9.17, 15) is 9.90 Å². The molecule has 1 fully saturated rings. The monoisotopic (exact) mass is 263 g/mol. The lowest BCUT2D eigenvalue weighted by atomic mass is 10.1. The molecule has 19 heavy (non-hydrogen) atoms. The molecule has 1 N–H and O–H groups in total. The minimum Gasteiger partial charge on any atom is -0.389 e.